The topological polar surface area (TPSA) is 46.2 Å². The Morgan fingerprint density at radius 1 is 0.750 bits per heavy atom. The maximum atomic E-state index is 5.46. The van der Waals surface area contributed by atoms with Crippen molar-refractivity contribution in [2.24, 2.45) is 0 Å². The fourth-order valence-electron chi connectivity index (χ4n) is 1.75. The molecule has 0 bridgehead atoms. The number of ether oxygens (including phenoxy) is 5. The molecule has 0 N–H and O–H groups in total. The Kier molecular flexibility index (Phi) is 1.59. The van der Waals surface area contributed by atoms with Crippen LogP contribution in [0.5, 0.6) is 0 Å². The van der Waals surface area contributed by atoms with E-state index in [1.165, 1.54) is 0 Å². The van der Waals surface area contributed by atoms with Crippen LogP contribution in [0.4, 0.5) is 0 Å². The molecule has 3 aliphatic rings. The molecule has 4 unspecified atom stereocenters. The van der Waals surface area contributed by atoms with Crippen LogP contribution >= 0.6 is 0 Å². The van der Waals surface area contributed by atoms with Crippen molar-refractivity contribution in [1.29, 1.82) is 0 Å². The first-order chi connectivity index (χ1) is 5.95. The third-order valence-electron chi connectivity index (χ3n) is 2.30. The van der Waals surface area contributed by atoms with Crippen molar-refractivity contribution in [3.8, 4) is 0 Å². The summed E-state index contributed by atoms with van der Waals surface area (Å²) < 4.78 is 26.6. The molecular weight excluding hydrogens is 164 g/mol. The summed E-state index contributed by atoms with van der Waals surface area (Å²) in [6.07, 6.45) is -0.798. The Hall–Kier alpha value is -0.200. The first-order valence-electron chi connectivity index (χ1n) is 4.07. The summed E-state index contributed by atoms with van der Waals surface area (Å²) in [6, 6.07) is 0. The second-order valence-corrected chi connectivity index (χ2v) is 2.99. The summed E-state index contributed by atoms with van der Waals surface area (Å²) >= 11 is 0. The molecule has 3 aliphatic heterocycles. The van der Waals surface area contributed by atoms with Gasteiger partial charge < -0.3 is 23.7 Å². The zero-order chi connectivity index (χ0) is 7.97. The Bertz CT molecular complexity index is 185. The molecule has 5 heteroatoms. The molecule has 3 fully saturated rings. The Morgan fingerprint density at radius 3 is 2.50 bits per heavy atom. The van der Waals surface area contributed by atoms with Crippen LogP contribution in [0.15, 0.2) is 0 Å². The second kappa shape index (κ2) is 2.65. The van der Waals surface area contributed by atoms with E-state index in [-0.39, 0.29) is 24.8 Å². The lowest BCUT2D eigenvalue weighted by Crippen LogP contribution is -2.41. The van der Waals surface area contributed by atoms with Gasteiger partial charge >= 0.3 is 0 Å². The zero-order valence-electron chi connectivity index (χ0n) is 6.47. The van der Waals surface area contributed by atoms with Crippen molar-refractivity contribution in [1.82, 2.24) is 0 Å². The van der Waals surface area contributed by atoms with Crippen molar-refractivity contribution in [3.63, 3.8) is 0 Å². The summed E-state index contributed by atoms with van der Waals surface area (Å²) in [5.41, 5.74) is 0. The quantitative estimate of drug-likeness (QED) is 0.493. The highest BCUT2D eigenvalue weighted by Gasteiger charge is 2.51. The van der Waals surface area contributed by atoms with Gasteiger partial charge in [0, 0.05) is 0 Å². The minimum absolute atomic E-state index is 0.102. The molecule has 3 heterocycles. The Labute approximate surface area is 69.5 Å². The largest absolute Gasteiger partial charge is 0.368 e. The zero-order valence-corrected chi connectivity index (χ0v) is 6.47. The smallest absolute Gasteiger partial charge is 0.192 e. The monoisotopic (exact) mass is 174 g/mol. The average molecular weight is 174 g/mol. The second-order valence-electron chi connectivity index (χ2n) is 2.99. The summed E-state index contributed by atoms with van der Waals surface area (Å²) in [5, 5.41) is 0. The molecule has 0 spiro atoms. The number of fused-ring (bicyclic) bond motifs is 3. The summed E-state index contributed by atoms with van der Waals surface area (Å²) in [5.74, 6) is 0. The van der Waals surface area contributed by atoms with Gasteiger partial charge in [0.25, 0.3) is 0 Å². The molecular formula is C7H10O5. The van der Waals surface area contributed by atoms with Gasteiger partial charge in [0.2, 0.25) is 0 Å². The van der Waals surface area contributed by atoms with Crippen molar-refractivity contribution in [2.45, 2.75) is 24.8 Å². The molecule has 3 rings (SSSR count). The summed E-state index contributed by atoms with van der Waals surface area (Å²) in [6.45, 7) is 1.49. The molecule has 5 nitrogen and oxygen atoms in total. The van der Waals surface area contributed by atoms with Gasteiger partial charge in [-0.05, 0) is 0 Å². The van der Waals surface area contributed by atoms with Crippen LogP contribution in [0.2, 0.25) is 0 Å². The van der Waals surface area contributed by atoms with Gasteiger partial charge in [-0.2, -0.15) is 0 Å². The minimum atomic E-state index is -0.297. The first kappa shape index (κ1) is 7.23. The highest BCUT2D eigenvalue weighted by molar-refractivity contribution is 4.88. The minimum Gasteiger partial charge on any atom is -0.368 e. The molecule has 0 aromatic rings. The molecule has 12 heavy (non-hydrogen) atoms. The SMILES string of the molecule is C1COC2C(O1)OC1OCOC12. The van der Waals surface area contributed by atoms with E-state index in [4.69, 9.17) is 23.7 Å². The molecule has 3 saturated heterocycles. The van der Waals surface area contributed by atoms with Crippen LogP contribution in [0.25, 0.3) is 0 Å². The van der Waals surface area contributed by atoms with Crippen LogP contribution < -0.4 is 0 Å². The Morgan fingerprint density at radius 2 is 1.50 bits per heavy atom. The highest BCUT2D eigenvalue weighted by atomic mass is 16.9. The van der Waals surface area contributed by atoms with Crippen LogP contribution in [0.3, 0.4) is 0 Å². The van der Waals surface area contributed by atoms with Crippen molar-refractivity contribution >= 4 is 0 Å². The van der Waals surface area contributed by atoms with Gasteiger partial charge in [0.15, 0.2) is 19.4 Å². The van der Waals surface area contributed by atoms with E-state index in [1.807, 2.05) is 0 Å². The average Bonchev–Trinajstić information content (AvgIpc) is 2.62. The van der Waals surface area contributed by atoms with Crippen LogP contribution in [0, 0.1) is 0 Å². The Balaban J connectivity index is 1.79. The van der Waals surface area contributed by atoms with E-state index >= 15 is 0 Å². The number of rotatable bonds is 0. The van der Waals surface area contributed by atoms with Gasteiger partial charge in [-0.25, -0.2) is 0 Å². The maximum Gasteiger partial charge on any atom is 0.192 e. The van der Waals surface area contributed by atoms with E-state index in [9.17, 15) is 0 Å². The third-order valence-corrected chi connectivity index (χ3v) is 2.30. The summed E-state index contributed by atoms with van der Waals surface area (Å²) in [7, 11) is 0. The molecule has 0 aromatic heterocycles. The van der Waals surface area contributed by atoms with Crippen molar-refractivity contribution in [3.05, 3.63) is 0 Å². The third kappa shape index (κ3) is 0.915. The molecule has 0 aliphatic carbocycles. The fraction of sp³-hybridized carbons (Fsp3) is 1.00. The van der Waals surface area contributed by atoms with Gasteiger partial charge in [0.05, 0.1) is 13.2 Å². The van der Waals surface area contributed by atoms with E-state index in [2.05, 4.69) is 0 Å². The molecule has 68 valence electrons. The molecule has 4 atom stereocenters. The number of hydrogen-bond acceptors (Lipinski definition) is 5. The lowest BCUT2D eigenvalue weighted by Gasteiger charge is -2.26. The highest BCUT2D eigenvalue weighted by Crippen LogP contribution is 2.33. The lowest BCUT2D eigenvalue weighted by molar-refractivity contribution is -0.254. The van der Waals surface area contributed by atoms with Gasteiger partial charge in [-0.15, -0.1) is 0 Å². The van der Waals surface area contributed by atoms with Gasteiger partial charge in [-0.3, -0.25) is 0 Å². The van der Waals surface area contributed by atoms with E-state index in [0.29, 0.717) is 20.0 Å². The predicted octanol–water partition coefficient (Wildman–Crippen LogP) is -0.543. The predicted molar refractivity (Wildman–Crippen MR) is 35.2 cm³/mol. The maximum absolute atomic E-state index is 5.46. The van der Waals surface area contributed by atoms with E-state index in [1.54, 1.807) is 0 Å². The molecule has 0 radical (unpaired) electrons. The van der Waals surface area contributed by atoms with Gasteiger partial charge in [0.1, 0.15) is 12.2 Å². The van der Waals surface area contributed by atoms with Crippen LogP contribution in [0.1, 0.15) is 0 Å². The van der Waals surface area contributed by atoms with Crippen LogP contribution in [-0.4, -0.2) is 44.8 Å². The first-order valence-corrected chi connectivity index (χ1v) is 4.07. The standard InChI is InChI=1S/C7H10O5/c1-2-9-6-4(8-1)5-7(12-6)11-3-10-5/h4-7H,1-3H2. The number of hydrogen-bond donors (Lipinski definition) is 0. The normalized spacial score (nSPS) is 52.0. The van der Waals surface area contributed by atoms with Gasteiger partial charge in [-0.1, -0.05) is 0 Å². The summed E-state index contributed by atoms with van der Waals surface area (Å²) in [4.78, 5) is 0. The van der Waals surface area contributed by atoms with E-state index in [0.717, 1.165) is 0 Å². The fourth-order valence-corrected chi connectivity index (χ4v) is 1.75. The van der Waals surface area contributed by atoms with Crippen LogP contribution in [-0.2, 0) is 23.7 Å². The van der Waals surface area contributed by atoms with Crippen molar-refractivity contribution in [2.75, 3.05) is 20.0 Å². The molecule has 0 aromatic carbocycles. The van der Waals surface area contributed by atoms with Crippen molar-refractivity contribution < 1.29 is 23.7 Å². The lowest BCUT2D eigenvalue weighted by atomic mass is 10.2. The molecule has 0 saturated carbocycles. The van der Waals surface area contributed by atoms with E-state index < -0.39 is 0 Å². The molecule has 0 amide bonds.